The third kappa shape index (κ3) is 3.24. The second kappa shape index (κ2) is 7.28. The number of H-pyrrole nitrogens is 2. The fraction of sp³-hybridized carbons (Fsp3) is 0.0435. The molecule has 0 saturated heterocycles. The number of imidazole rings is 1. The summed E-state index contributed by atoms with van der Waals surface area (Å²) in [4.78, 5) is 21.5. The van der Waals surface area contributed by atoms with Crippen molar-refractivity contribution in [3.8, 4) is 23.0 Å². The normalized spacial score (nSPS) is 11.2. The average molecular weight is 433 g/mol. The van der Waals surface area contributed by atoms with Crippen molar-refractivity contribution in [2.45, 2.75) is 6.54 Å². The third-order valence-electron chi connectivity index (χ3n) is 5.47. The lowest BCUT2D eigenvalue weighted by Gasteiger charge is -2.08. The number of benzene rings is 2. The Morgan fingerprint density at radius 1 is 1.00 bits per heavy atom. The number of aromatic amines is 2. The first kappa shape index (κ1) is 18.7. The van der Waals surface area contributed by atoms with E-state index >= 15 is 0 Å². The molecule has 0 aliphatic heterocycles. The van der Waals surface area contributed by atoms with Crippen molar-refractivity contribution >= 4 is 22.1 Å². The highest BCUT2D eigenvalue weighted by Gasteiger charge is 2.13. The predicted octanol–water partition coefficient (Wildman–Crippen LogP) is 2.77. The van der Waals surface area contributed by atoms with Gasteiger partial charge < -0.3 is 9.97 Å². The highest BCUT2D eigenvalue weighted by Crippen LogP contribution is 2.26. The maximum atomic E-state index is 11.6. The number of nitrogens with one attached hydrogen (secondary N) is 2. The Labute approximate surface area is 185 Å². The molecule has 4 aromatic heterocycles. The van der Waals surface area contributed by atoms with Crippen LogP contribution in [0.2, 0.25) is 0 Å². The molecule has 0 radical (unpaired) electrons. The first-order chi connectivity index (χ1) is 16.2. The molecule has 6 aromatic rings. The molecule has 2 N–H and O–H groups in total. The number of hydrogen-bond donors (Lipinski definition) is 2. The van der Waals surface area contributed by atoms with Crippen LogP contribution in [0.25, 0.3) is 39.0 Å². The molecular formula is C23H15N9O. The van der Waals surface area contributed by atoms with Gasteiger partial charge in [0.25, 0.3) is 0 Å². The Kier molecular flexibility index (Phi) is 4.13. The largest absolute Gasteiger partial charge is 0.323 e. The SMILES string of the molecule is N#Cc1ccc(Cn2nccc2-c2ccc3nnn(-c4ccc5[nH]c(=O)[nH]c5c4)c3c2)nc1. The summed E-state index contributed by atoms with van der Waals surface area (Å²) < 4.78 is 3.60. The summed E-state index contributed by atoms with van der Waals surface area (Å²) in [5.74, 6) is 0. The van der Waals surface area contributed by atoms with Crippen molar-refractivity contribution in [1.82, 2.24) is 39.7 Å². The average Bonchev–Trinajstić information content (AvgIpc) is 3.56. The van der Waals surface area contributed by atoms with E-state index in [0.29, 0.717) is 17.6 Å². The highest BCUT2D eigenvalue weighted by molar-refractivity contribution is 5.83. The maximum absolute atomic E-state index is 11.6. The van der Waals surface area contributed by atoms with Crippen LogP contribution in [0.1, 0.15) is 11.3 Å². The molecule has 0 unspecified atom stereocenters. The lowest BCUT2D eigenvalue weighted by Crippen LogP contribution is -2.05. The van der Waals surface area contributed by atoms with Crippen molar-refractivity contribution in [3.05, 3.63) is 88.7 Å². The van der Waals surface area contributed by atoms with Gasteiger partial charge in [-0.15, -0.1) is 5.10 Å². The van der Waals surface area contributed by atoms with E-state index in [0.717, 1.165) is 39.2 Å². The standard InChI is InChI=1S/C23H15N9O/c24-11-14-1-3-16(25-12-14)13-31-21(7-8-26-31)15-2-5-19-22(9-15)32(30-29-19)17-4-6-18-20(10-17)28-23(33)27-18/h1-10,12H,13H2,(H2,27,28,33). The molecule has 158 valence electrons. The van der Waals surface area contributed by atoms with Crippen LogP contribution in [0.15, 0.2) is 71.8 Å². The molecule has 6 rings (SSSR count). The monoisotopic (exact) mass is 433 g/mol. The van der Waals surface area contributed by atoms with Gasteiger partial charge in [0.05, 0.1) is 45.7 Å². The Hall–Kier alpha value is -5.04. The van der Waals surface area contributed by atoms with Crippen LogP contribution < -0.4 is 5.69 Å². The summed E-state index contributed by atoms with van der Waals surface area (Å²) in [6, 6.07) is 19.1. The molecule has 0 spiro atoms. The molecule has 4 heterocycles. The predicted molar refractivity (Wildman–Crippen MR) is 121 cm³/mol. The van der Waals surface area contributed by atoms with Gasteiger partial charge in [0.2, 0.25) is 0 Å². The second-order valence-electron chi connectivity index (χ2n) is 7.54. The van der Waals surface area contributed by atoms with E-state index in [-0.39, 0.29) is 5.69 Å². The topological polar surface area (TPSA) is 134 Å². The summed E-state index contributed by atoms with van der Waals surface area (Å²) in [5, 5.41) is 22.0. The van der Waals surface area contributed by atoms with E-state index in [4.69, 9.17) is 5.26 Å². The van der Waals surface area contributed by atoms with Crippen LogP contribution in [0.5, 0.6) is 0 Å². The van der Waals surface area contributed by atoms with Crippen LogP contribution >= 0.6 is 0 Å². The van der Waals surface area contributed by atoms with Gasteiger partial charge in [-0.25, -0.2) is 9.48 Å². The summed E-state index contributed by atoms with van der Waals surface area (Å²) in [6.45, 7) is 0.473. The van der Waals surface area contributed by atoms with Crippen LogP contribution in [0.4, 0.5) is 0 Å². The maximum Gasteiger partial charge on any atom is 0.323 e. The summed E-state index contributed by atoms with van der Waals surface area (Å²) in [7, 11) is 0. The summed E-state index contributed by atoms with van der Waals surface area (Å²) in [6.07, 6.45) is 3.30. The summed E-state index contributed by atoms with van der Waals surface area (Å²) >= 11 is 0. The first-order valence-electron chi connectivity index (χ1n) is 10.1. The Bertz CT molecular complexity index is 1730. The number of nitrogens with zero attached hydrogens (tertiary/aromatic N) is 7. The number of pyridine rings is 1. The van der Waals surface area contributed by atoms with Gasteiger partial charge in [0.1, 0.15) is 11.6 Å². The molecule has 0 aliphatic rings. The van der Waals surface area contributed by atoms with E-state index in [9.17, 15) is 4.79 Å². The fourth-order valence-electron chi connectivity index (χ4n) is 3.86. The number of rotatable bonds is 4. The van der Waals surface area contributed by atoms with Crippen molar-refractivity contribution in [2.75, 3.05) is 0 Å². The molecule has 2 aromatic carbocycles. The van der Waals surface area contributed by atoms with Crippen LogP contribution in [0.3, 0.4) is 0 Å². The van der Waals surface area contributed by atoms with Crippen molar-refractivity contribution < 1.29 is 0 Å². The Morgan fingerprint density at radius 2 is 1.91 bits per heavy atom. The minimum absolute atomic E-state index is 0.252. The van der Waals surface area contributed by atoms with Crippen molar-refractivity contribution in [3.63, 3.8) is 0 Å². The third-order valence-corrected chi connectivity index (χ3v) is 5.47. The van der Waals surface area contributed by atoms with E-state index in [1.165, 1.54) is 0 Å². The smallest absolute Gasteiger partial charge is 0.306 e. The fourth-order valence-corrected chi connectivity index (χ4v) is 3.86. The minimum atomic E-state index is -0.252. The molecule has 0 aliphatic carbocycles. The van der Waals surface area contributed by atoms with Gasteiger partial charge in [-0.2, -0.15) is 10.4 Å². The van der Waals surface area contributed by atoms with E-state index in [1.807, 2.05) is 53.2 Å². The highest BCUT2D eigenvalue weighted by atomic mass is 16.1. The molecule has 0 atom stereocenters. The molecule has 0 amide bonds. The van der Waals surface area contributed by atoms with Crippen LogP contribution in [0, 0.1) is 11.3 Å². The summed E-state index contributed by atoms with van der Waals surface area (Å²) in [5.41, 5.74) is 6.74. The van der Waals surface area contributed by atoms with Gasteiger partial charge in [-0.1, -0.05) is 11.3 Å². The van der Waals surface area contributed by atoms with Crippen molar-refractivity contribution in [2.24, 2.45) is 0 Å². The van der Waals surface area contributed by atoms with Gasteiger partial charge >= 0.3 is 5.69 Å². The zero-order chi connectivity index (χ0) is 22.4. The van der Waals surface area contributed by atoms with Crippen molar-refractivity contribution in [1.29, 1.82) is 5.26 Å². The van der Waals surface area contributed by atoms with Crippen LogP contribution in [-0.2, 0) is 6.54 Å². The zero-order valence-electron chi connectivity index (χ0n) is 17.1. The zero-order valence-corrected chi connectivity index (χ0v) is 17.1. The van der Waals surface area contributed by atoms with E-state index < -0.39 is 0 Å². The lowest BCUT2D eigenvalue weighted by atomic mass is 10.1. The van der Waals surface area contributed by atoms with E-state index in [1.54, 1.807) is 23.1 Å². The molecule has 33 heavy (non-hydrogen) atoms. The lowest BCUT2D eigenvalue weighted by molar-refractivity contribution is 0.680. The molecular weight excluding hydrogens is 418 g/mol. The molecule has 10 nitrogen and oxygen atoms in total. The first-order valence-corrected chi connectivity index (χ1v) is 10.1. The molecule has 10 heteroatoms. The number of aromatic nitrogens is 8. The van der Waals surface area contributed by atoms with Gasteiger partial charge in [-0.3, -0.25) is 9.67 Å². The number of hydrogen-bond acceptors (Lipinski definition) is 6. The van der Waals surface area contributed by atoms with E-state index in [2.05, 4.69) is 36.4 Å². The minimum Gasteiger partial charge on any atom is -0.306 e. The number of nitriles is 1. The van der Waals surface area contributed by atoms with Gasteiger partial charge in [0, 0.05) is 18.0 Å². The second-order valence-corrected chi connectivity index (χ2v) is 7.54. The molecule has 0 fully saturated rings. The number of fused-ring (bicyclic) bond motifs is 2. The Morgan fingerprint density at radius 3 is 2.76 bits per heavy atom. The van der Waals surface area contributed by atoms with Gasteiger partial charge in [-0.05, 0) is 48.5 Å². The van der Waals surface area contributed by atoms with Gasteiger partial charge in [0.15, 0.2) is 0 Å². The molecule has 0 bridgehead atoms. The Balaban J connectivity index is 1.40. The molecule has 0 saturated carbocycles. The quantitative estimate of drug-likeness (QED) is 0.439. The van der Waals surface area contributed by atoms with Crippen LogP contribution in [-0.4, -0.2) is 39.7 Å².